The van der Waals surface area contributed by atoms with Crippen molar-refractivity contribution in [2.75, 3.05) is 13.1 Å². The van der Waals surface area contributed by atoms with Crippen LogP contribution in [0.2, 0.25) is 0 Å². The molecule has 1 fully saturated rings. The Morgan fingerprint density at radius 3 is 2.85 bits per heavy atom. The number of thioether (sulfide) groups is 1. The average Bonchev–Trinajstić information content (AvgIpc) is 3.15. The molecule has 7 nitrogen and oxygen atoms in total. The third kappa shape index (κ3) is 2.52. The van der Waals surface area contributed by atoms with Gasteiger partial charge in [0.15, 0.2) is 0 Å². The fraction of sp³-hybridized carbons (Fsp3) is 0.545. The number of sulfonamides is 1. The maximum Gasteiger partial charge on any atom is 0.350 e. The summed E-state index contributed by atoms with van der Waals surface area (Å²) in [7, 11) is -3.29. The summed E-state index contributed by atoms with van der Waals surface area (Å²) in [5, 5.41) is 0.954. The lowest BCUT2D eigenvalue weighted by molar-refractivity contribution is -0.126. The first-order chi connectivity index (χ1) is 9.49. The summed E-state index contributed by atoms with van der Waals surface area (Å²) in [5.74, 6) is -0.333. The molecule has 2 heterocycles. The third-order valence-electron chi connectivity index (χ3n) is 3.27. The van der Waals surface area contributed by atoms with Gasteiger partial charge in [0.1, 0.15) is 5.25 Å². The van der Waals surface area contributed by atoms with E-state index in [1.807, 2.05) is 0 Å². The molecule has 1 N–H and O–H groups in total. The van der Waals surface area contributed by atoms with Crippen molar-refractivity contribution in [3.8, 4) is 0 Å². The molecule has 3 amide bonds. The Kier molecular flexibility index (Phi) is 3.43. The second-order valence-corrected chi connectivity index (χ2v) is 7.83. The number of hydrogen-bond acceptors (Lipinski definition) is 5. The largest absolute Gasteiger partial charge is 0.350 e. The summed E-state index contributed by atoms with van der Waals surface area (Å²) >= 11 is 1.30. The number of nitrogens with zero attached hydrogens (tertiary/aromatic N) is 2. The fourth-order valence-electron chi connectivity index (χ4n) is 2.03. The molecule has 0 aromatic carbocycles. The predicted molar refractivity (Wildman–Crippen MR) is 75.0 cm³/mol. The average molecular weight is 315 g/mol. The van der Waals surface area contributed by atoms with Gasteiger partial charge < -0.3 is 0 Å². The quantitative estimate of drug-likeness (QED) is 0.776. The van der Waals surface area contributed by atoms with Crippen LogP contribution in [0.15, 0.2) is 16.5 Å². The first kappa shape index (κ1) is 13.8. The molecule has 0 spiro atoms. The van der Waals surface area contributed by atoms with E-state index in [0.717, 1.165) is 4.90 Å². The monoisotopic (exact) mass is 315 g/mol. The number of aliphatic imine (C=N–C) groups is 1. The molecule has 3 aliphatic rings. The number of carbonyl (C=O) groups excluding carboxylic acids is 2. The highest BCUT2D eigenvalue weighted by molar-refractivity contribution is 8.04. The molecule has 1 atom stereocenters. The van der Waals surface area contributed by atoms with Crippen LogP contribution in [0.1, 0.15) is 12.8 Å². The Morgan fingerprint density at radius 1 is 1.40 bits per heavy atom. The maximum absolute atomic E-state index is 12.1. The molecule has 0 aromatic heterocycles. The van der Waals surface area contributed by atoms with Crippen LogP contribution in [-0.4, -0.2) is 54.6 Å². The van der Waals surface area contributed by atoms with Gasteiger partial charge in [-0.1, -0.05) is 0 Å². The van der Waals surface area contributed by atoms with E-state index in [0.29, 0.717) is 18.6 Å². The summed E-state index contributed by atoms with van der Waals surface area (Å²) < 4.78 is 25.7. The van der Waals surface area contributed by atoms with E-state index in [1.54, 1.807) is 11.5 Å². The first-order valence-corrected chi connectivity index (χ1v) is 8.72. The van der Waals surface area contributed by atoms with Crippen LogP contribution < -0.4 is 4.72 Å². The van der Waals surface area contributed by atoms with Crippen molar-refractivity contribution >= 4 is 39.4 Å². The van der Waals surface area contributed by atoms with Crippen LogP contribution in [0.4, 0.5) is 4.79 Å². The van der Waals surface area contributed by atoms with E-state index in [1.165, 1.54) is 11.8 Å². The standard InChI is InChI=1S/C11H13N3O4S2/c15-10-9-8(3-6-19-9)13-11(16)14(10)5-4-12-20(17,18)7-1-2-7/h3,6-7,9,12H,1-2,4-5H2. The molecule has 2 aliphatic heterocycles. The van der Waals surface area contributed by atoms with Crippen LogP contribution in [0.5, 0.6) is 0 Å². The van der Waals surface area contributed by atoms with Gasteiger partial charge in [-0.2, -0.15) is 4.99 Å². The predicted octanol–water partition coefficient (Wildman–Crippen LogP) is 0.101. The summed E-state index contributed by atoms with van der Waals surface area (Å²) in [4.78, 5) is 28.7. The fourth-order valence-corrected chi connectivity index (χ4v) is 4.29. The van der Waals surface area contributed by atoms with E-state index in [9.17, 15) is 18.0 Å². The van der Waals surface area contributed by atoms with E-state index >= 15 is 0 Å². The first-order valence-electron chi connectivity index (χ1n) is 6.23. The molecule has 1 unspecified atom stereocenters. The van der Waals surface area contributed by atoms with Crippen molar-refractivity contribution < 1.29 is 18.0 Å². The summed E-state index contributed by atoms with van der Waals surface area (Å²) in [6.45, 7) is 0.0451. The van der Waals surface area contributed by atoms with Crippen LogP contribution in [0, 0.1) is 0 Å². The van der Waals surface area contributed by atoms with Gasteiger partial charge in [0, 0.05) is 13.1 Å². The van der Waals surface area contributed by atoms with Crippen molar-refractivity contribution in [3.05, 3.63) is 11.5 Å². The zero-order chi connectivity index (χ0) is 14.3. The molecular weight excluding hydrogens is 302 g/mol. The topological polar surface area (TPSA) is 95.9 Å². The van der Waals surface area contributed by atoms with Crippen LogP contribution in [-0.2, 0) is 14.8 Å². The second-order valence-electron chi connectivity index (χ2n) is 4.77. The lowest BCUT2D eigenvalue weighted by Gasteiger charge is -2.25. The molecule has 0 bridgehead atoms. The van der Waals surface area contributed by atoms with Crippen molar-refractivity contribution in [2.45, 2.75) is 23.3 Å². The molecule has 0 aromatic rings. The smallest absolute Gasteiger partial charge is 0.273 e. The highest BCUT2D eigenvalue weighted by Gasteiger charge is 2.39. The van der Waals surface area contributed by atoms with E-state index in [4.69, 9.17) is 0 Å². The van der Waals surface area contributed by atoms with E-state index < -0.39 is 21.3 Å². The number of fused-ring (bicyclic) bond motifs is 1. The van der Waals surface area contributed by atoms with Gasteiger partial charge in [-0.05, 0) is 24.3 Å². The molecule has 9 heteroatoms. The van der Waals surface area contributed by atoms with E-state index in [2.05, 4.69) is 9.71 Å². The van der Waals surface area contributed by atoms with Crippen LogP contribution in [0.3, 0.4) is 0 Å². The van der Waals surface area contributed by atoms with Crippen LogP contribution in [0.25, 0.3) is 0 Å². The highest BCUT2D eigenvalue weighted by atomic mass is 32.2. The minimum Gasteiger partial charge on any atom is -0.273 e. The van der Waals surface area contributed by atoms with Gasteiger partial charge in [-0.15, -0.1) is 11.8 Å². The summed E-state index contributed by atoms with van der Waals surface area (Å²) in [6.07, 6.45) is 3.00. The number of hydrogen-bond donors (Lipinski definition) is 1. The molecule has 0 saturated heterocycles. The van der Waals surface area contributed by atoms with Crippen molar-refractivity contribution in [1.82, 2.24) is 9.62 Å². The number of allylic oxidation sites excluding steroid dienone is 1. The number of rotatable bonds is 5. The lowest BCUT2D eigenvalue weighted by atomic mass is 10.2. The molecule has 20 heavy (non-hydrogen) atoms. The maximum atomic E-state index is 12.1. The molecule has 1 saturated carbocycles. The van der Waals surface area contributed by atoms with Crippen molar-refractivity contribution in [1.29, 1.82) is 0 Å². The number of urea groups is 1. The van der Waals surface area contributed by atoms with Crippen molar-refractivity contribution in [3.63, 3.8) is 0 Å². The molecule has 1 aliphatic carbocycles. The minimum atomic E-state index is -3.29. The minimum absolute atomic E-state index is 0.0114. The Morgan fingerprint density at radius 2 is 2.15 bits per heavy atom. The number of amides is 3. The number of nitrogens with one attached hydrogen (secondary N) is 1. The van der Waals surface area contributed by atoms with Gasteiger partial charge in [0.25, 0.3) is 0 Å². The summed E-state index contributed by atoms with van der Waals surface area (Å²) in [6, 6.07) is -0.626. The lowest BCUT2D eigenvalue weighted by Crippen LogP contribution is -2.49. The molecule has 108 valence electrons. The van der Waals surface area contributed by atoms with Gasteiger partial charge in [-0.25, -0.2) is 17.9 Å². The summed E-state index contributed by atoms with van der Waals surface area (Å²) in [5.41, 5.74) is 0.472. The van der Waals surface area contributed by atoms with Crippen LogP contribution >= 0.6 is 11.8 Å². The van der Waals surface area contributed by atoms with Crippen molar-refractivity contribution in [2.24, 2.45) is 4.99 Å². The Balaban J connectivity index is 1.60. The molecule has 3 rings (SSSR count). The highest BCUT2D eigenvalue weighted by Crippen LogP contribution is 2.28. The Labute approximate surface area is 120 Å². The number of carbonyl (C=O) groups is 2. The van der Waals surface area contributed by atoms with Gasteiger partial charge in [-0.3, -0.25) is 9.69 Å². The second kappa shape index (κ2) is 4.97. The Bertz CT molecular complexity index is 622. The normalized spacial score (nSPS) is 25.9. The zero-order valence-electron chi connectivity index (χ0n) is 10.5. The molecular formula is C11H13N3O4S2. The molecule has 0 radical (unpaired) electrons. The SMILES string of the molecule is O=C1N=C2C=CSC2C(=O)N1CCNS(=O)(=O)C1CC1. The van der Waals surface area contributed by atoms with Gasteiger partial charge in [0.05, 0.1) is 11.0 Å². The zero-order valence-corrected chi connectivity index (χ0v) is 12.1. The van der Waals surface area contributed by atoms with Gasteiger partial charge in [0.2, 0.25) is 15.9 Å². The van der Waals surface area contributed by atoms with E-state index in [-0.39, 0.29) is 24.2 Å². The number of imide groups is 1. The van der Waals surface area contributed by atoms with Gasteiger partial charge >= 0.3 is 6.03 Å². The Hall–Kier alpha value is -1.19. The third-order valence-corrected chi connectivity index (χ3v) is 6.23.